The molecule has 7 heteroatoms. The second-order valence-electron chi connectivity index (χ2n) is 3.74. The predicted octanol–water partition coefficient (Wildman–Crippen LogP) is -1.55. The largest absolute Gasteiger partial charge is 0.392 e. The van der Waals surface area contributed by atoms with Gasteiger partial charge in [-0.3, -0.25) is 4.79 Å². The molecule has 0 spiro atoms. The van der Waals surface area contributed by atoms with E-state index in [4.69, 9.17) is 0 Å². The fourth-order valence-corrected chi connectivity index (χ4v) is 1.64. The normalized spacial score (nSPS) is 24.6. The van der Waals surface area contributed by atoms with Gasteiger partial charge in [-0.15, -0.1) is 0 Å². The van der Waals surface area contributed by atoms with Crippen LogP contribution < -0.4 is 10.6 Å². The van der Waals surface area contributed by atoms with Crippen LogP contribution >= 0.6 is 0 Å². The molecule has 1 fully saturated rings. The second kappa shape index (κ2) is 5.04. The Morgan fingerprint density at radius 1 is 1.75 bits per heavy atom. The molecule has 1 aromatic heterocycles. The van der Waals surface area contributed by atoms with Gasteiger partial charge in [0.2, 0.25) is 12.3 Å². The third-order valence-electron chi connectivity index (χ3n) is 2.48. The Labute approximate surface area is 92.2 Å². The molecule has 2 unspecified atom stereocenters. The average Bonchev–Trinajstić information content (AvgIpc) is 2.89. The Morgan fingerprint density at radius 2 is 2.62 bits per heavy atom. The highest BCUT2D eigenvalue weighted by Crippen LogP contribution is 2.05. The summed E-state index contributed by atoms with van der Waals surface area (Å²) >= 11 is 0. The smallest absolute Gasteiger partial charge is 0.237 e. The summed E-state index contributed by atoms with van der Waals surface area (Å²) in [6.07, 6.45) is 1.84. The molecule has 1 aliphatic heterocycles. The Morgan fingerprint density at radius 3 is 3.25 bits per heavy atom. The zero-order valence-electron chi connectivity index (χ0n) is 8.72. The van der Waals surface area contributed by atoms with Crippen molar-refractivity contribution < 1.29 is 14.4 Å². The van der Waals surface area contributed by atoms with Crippen molar-refractivity contribution in [1.82, 2.24) is 20.8 Å². The van der Waals surface area contributed by atoms with E-state index >= 15 is 0 Å². The standard InChI is InChI=1S/C9H14N4O3/c14-6-3-7(11-4-6)9(15)10-2-1-8-12-5-16-13-8/h5-7,11,14H,1-4H2,(H,10,15). The lowest BCUT2D eigenvalue weighted by molar-refractivity contribution is -0.122. The van der Waals surface area contributed by atoms with Gasteiger partial charge in [-0.05, 0) is 6.42 Å². The van der Waals surface area contributed by atoms with Crippen LogP contribution in [0, 0.1) is 0 Å². The maximum absolute atomic E-state index is 11.6. The lowest BCUT2D eigenvalue weighted by Gasteiger charge is -2.09. The summed E-state index contributed by atoms with van der Waals surface area (Å²) in [6.45, 7) is 0.940. The maximum Gasteiger partial charge on any atom is 0.237 e. The Bertz CT molecular complexity index is 341. The SMILES string of the molecule is O=C(NCCc1ncon1)C1CC(O)CN1. The van der Waals surface area contributed by atoms with E-state index in [0.717, 1.165) is 0 Å². The zero-order valence-corrected chi connectivity index (χ0v) is 8.72. The molecule has 0 aliphatic carbocycles. The molecule has 1 aromatic rings. The van der Waals surface area contributed by atoms with Gasteiger partial charge in [-0.2, -0.15) is 4.98 Å². The minimum absolute atomic E-state index is 0.0972. The zero-order chi connectivity index (χ0) is 11.4. The third-order valence-corrected chi connectivity index (χ3v) is 2.48. The highest BCUT2D eigenvalue weighted by atomic mass is 16.5. The van der Waals surface area contributed by atoms with Gasteiger partial charge in [0, 0.05) is 19.5 Å². The van der Waals surface area contributed by atoms with E-state index in [1.54, 1.807) is 0 Å². The summed E-state index contributed by atoms with van der Waals surface area (Å²) in [5, 5.41) is 18.6. The molecule has 0 bridgehead atoms. The first kappa shape index (κ1) is 11.0. The molecule has 0 aromatic carbocycles. The van der Waals surface area contributed by atoms with Crippen LogP contribution in [0.1, 0.15) is 12.2 Å². The Kier molecular flexibility index (Phi) is 3.47. The predicted molar refractivity (Wildman–Crippen MR) is 53.4 cm³/mol. The highest BCUT2D eigenvalue weighted by Gasteiger charge is 2.27. The van der Waals surface area contributed by atoms with E-state index in [0.29, 0.717) is 31.8 Å². The van der Waals surface area contributed by atoms with Crippen molar-refractivity contribution >= 4 is 5.91 Å². The Balaban J connectivity index is 1.68. The van der Waals surface area contributed by atoms with Gasteiger partial charge in [0.1, 0.15) is 0 Å². The van der Waals surface area contributed by atoms with Gasteiger partial charge in [0.15, 0.2) is 5.82 Å². The van der Waals surface area contributed by atoms with Crippen LogP contribution in [-0.4, -0.2) is 46.4 Å². The number of hydrogen-bond acceptors (Lipinski definition) is 6. The number of rotatable bonds is 4. The van der Waals surface area contributed by atoms with Gasteiger partial charge in [0.25, 0.3) is 0 Å². The van der Waals surface area contributed by atoms with Crippen LogP contribution in [0.25, 0.3) is 0 Å². The van der Waals surface area contributed by atoms with Crippen LogP contribution in [0.3, 0.4) is 0 Å². The second-order valence-corrected chi connectivity index (χ2v) is 3.74. The van der Waals surface area contributed by atoms with Crippen LogP contribution in [0.4, 0.5) is 0 Å². The van der Waals surface area contributed by atoms with Crippen molar-refractivity contribution in [2.75, 3.05) is 13.1 Å². The van der Waals surface area contributed by atoms with Crippen molar-refractivity contribution in [1.29, 1.82) is 0 Å². The van der Waals surface area contributed by atoms with Crippen LogP contribution in [0.2, 0.25) is 0 Å². The first-order valence-electron chi connectivity index (χ1n) is 5.20. The summed E-state index contributed by atoms with van der Waals surface area (Å²) in [5.74, 6) is 0.472. The van der Waals surface area contributed by atoms with E-state index in [-0.39, 0.29) is 11.9 Å². The lowest BCUT2D eigenvalue weighted by atomic mass is 10.2. The van der Waals surface area contributed by atoms with E-state index in [2.05, 4.69) is 25.3 Å². The van der Waals surface area contributed by atoms with Gasteiger partial charge in [-0.25, -0.2) is 0 Å². The highest BCUT2D eigenvalue weighted by molar-refractivity contribution is 5.82. The number of carbonyl (C=O) groups excluding carboxylic acids is 1. The fraction of sp³-hybridized carbons (Fsp3) is 0.667. The number of amides is 1. The first-order valence-corrected chi connectivity index (χ1v) is 5.20. The third kappa shape index (κ3) is 2.77. The molecule has 1 aliphatic rings. The molecular formula is C9H14N4O3. The lowest BCUT2D eigenvalue weighted by Crippen LogP contribution is -2.41. The number of nitrogens with zero attached hydrogens (tertiary/aromatic N) is 2. The average molecular weight is 226 g/mol. The fourth-order valence-electron chi connectivity index (χ4n) is 1.64. The van der Waals surface area contributed by atoms with E-state index in [1.807, 2.05) is 0 Å². The topological polar surface area (TPSA) is 100 Å². The molecule has 0 radical (unpaired) electrons. The molecule has 0 saturated carbocycles. The minimum atomic E-state index is -0.423. The monoisotopic (exact) mass is 226 g/mol. The van der Waals surface area contributed by atoms with Crippen molar-refractivity contribution in [2.24, 2.45) is 0 Å². The first-order chi connectivity index (χ1) is 7.75. The van der Waals surface area contributed by atoms with E-state index in [9.17, 15) is 9.90 Å². The molecular weight excluding hydrogens is 212 g/mol. The molecule has 1 saturated heterocycles. The summed E-state index contributed by atoms with van der Waals surface area (Å²) in [7, 11) is 0. The van der Waals surface area contributed by atoms with Gasteiger partial charge >= 0.3 is 0 Å². The minimum Gasteiger partial charge on any atom is -0.392 e. The summed E-state index contributed by atoms with van der Waals surface area (Å²) in [6, 6.07) is -0.291. The number of hydrogen-bond donors (Lipinski definition) is 3. The van der Waals surface area contributed by atoms with Crippen LogP contribution in [0.5, 0.6) is 0 Å². The molecule has 2 atom stereocenters. The molecule has 2 rings (SSSR count). The van der Waals surface area contributed by atoms with Gasteiger partial charge < -0.3 is 20.3 Å². The quantitative estimate of drug-likeness (QED) is 0.575. The molecule has 1 amide bonds. The number of aliphatic hydroxyl groups is 1. The summed E-state index contributed by atoms with van der Waals surface area (Å²) < 4.78 is 4.57. The summed E-state index contributed by atoms with van der Waals surface area (Å²) in [5.41, 5.74) is 0. The molecule has 2 heterocycles. The van der Waals surface area contributed by atoms with Crippen LogP contribution in [-0.2, 0) is 11.2 Å². The number of aromatic nitrogens is 2. The number of aliphatic hydroxyl groups excluding tert-OH is 1. The van der Waals surface area contributed by atoms with Crippen molar-refractivity contribution in [3.05, 3.63) is 12.2 Å². The number of carbonyl (C=O) groups is 1. The van der Waals surface area contributed by atoms with Crippen LogP contribution in [0.15, 0.2) is 10.9 Å². The van der Waals surface area contributed by atoms with Crippen molar-refractivity contribution in [3.8, 4) is 0 Å². The van der Waals surface area contributed by atoms with E-state index in [1.165, 1.54) is 6.39 Å². The molecule has 7 nitrogen and oxygen atoms in total. The molecule has 16 heavy (non-hydrogen) atoms. The number of β-amino-alcohol motifs (C(OH)–C–C–N with tert-alkyl or cyclic N) is 1. The summed E-state index contributed by atoms with van der Waals surface area (Å²) in [4.78, 5) is 15.4. The molecule has 3 N–H and O–H groups in total. The number of nitrogens with one attached hydrogen (secondary N) is 2. The van der Waals surface area contributed by atoms with Gasteiger partial charge in [0.05, 0.1) is 12.1 Å². The van der Waals surface area contributed by atoms with Crippen molar-refractivity contribution in [3.63, 3.8) is 0 Å². The molecule has 88 valence electrons. The Hall–Kier alpha value is -1.47. The van der Waals surface area contributed by atoms with E-state index < -0.39 is 6.10 Å². The van der Waals surface area contributed by atoms with Crippen molar-refractivity contribution in [2.45, 2.75) is 25.0 Å². The maximum atomic E-state index is 11.6. The van der Waals surface area contributed by atoms with Gasteiger partial charge in [-0.1, -0.05) is 5.16 Å².